The Morgan fingerprint density at radius 1 is 0.550 bits per heavy atom. The van der Waals surface area contributed by atoms with Crippen molar-refractivity contribution in [2.24, 2.45) is 0 Å². The molecule has 2 rings (SSSR count). The fraction of sp³-hybridized carbons (Fsp3) is 0. The molecule has 2 aromatic carbocycles. The Morgan fingerprint density at radius 2 is 0.800 bits per heavy atom. The van der Waals surface area contributed by atoms with Crippen LogP contribution in [0.2, 0.25) is 0 Å². The van der Waals surface area contributed by atoms with Crippen LogP contribution in [0.3, 0.4) is 0 Å². The van der Waals surface area contributed by atoms with E-state index in [1.54, 1.807) is 24.3 Å². The quantitative estimate of drug-likeness (QED) is 0.446. The van der Waals surface area contributed by atoms with E-state index in [2.05, 4.69) is 0 Å². The van der Waals surface area contributed by atoms with Crippen LogP contribution in [0.25, 0.3) is 11.1 Å². The van der Waals surface area contributed by atoms with E-state index in [1.165, 1.54) is 66.7 Å². The van der Waals surface area contributed by atoms with Crippen LogP contribution in [-0.2, 0) is 14.0 Å². The number of halogens is 2. The molecule has 0 aliphatic heterocycles. The van der Waals surface area contributed by atoms with E-state index in [9.17, 15) is 16.8 Å². The molecule has 2 aromatic rings. The molecule has 0 fully saturated rings. The minimum absolute atomic E-state index is 0.244. The summed E-state index contributed by atoms with van der Waals surface area (Å²) in [7, 11) is -6.48. The second-order valence-electron chi connectivity index (χ2n) is 3.92. The van der Waals surface area contributed by atoms with Gasteiger partial charge in [0.2, 0.25) is 14.0 Å². The first kappa shape index (κ1) is 16.2. The monoisotopic (exact) mass is 534 g/mol. The highest BCUT2D eigenvalue weighted by Gasteiger charge is 2.10. The first-order valence-electron chi connectivity index (χ1n) is 5.28. The molecule has 0 radical (unpaired) electrons. The van der Waals surface area contributed by atoms with E-state index >= 15 is 0 Å². The minimum atomic E-state index is -3.24. The van der Waals surface area contributed by atoms with Gasteiger partial charge in [0.1, 0.15) is 0 Å². The van der Waals surface area contributed by atoms with Crippen LogP contribution in [0, 0.1) is 0 Å². The Morgan fingerprint density at radius 3 is 1.00 bits per heavy atom. The van der Waals surface area contributed by atoms with Gasteiger partial charge in [0.15, 0.2) is 0 Å². The Bertz CT molecular complexity index is 751. The maximum Gasteiger partial charge on any atom is 0.231 e. The Balaban J connectivity index is 2.38. The highest BCUT2D eigenvalue weighted by molar-refractivity contribution is 14.2. The second-order valence-corrected chi connectivity index (χ2v) is 13.6. The van der Waals surface area contributed by atoms with Crippen LogP contribution < -0.4 is 0 Å². The zero-order valence-electron chi connectivity index (χ0n) is 9.82. The van der Waals surface area contributed by atoms with Crippen molar-refractivity contribution in [3.63, 3.8) is 0 Å². The molecule has 20 heavy (non-hydrogen) atoms. The topological polar surface area (TPSA) is 68.3 Å². The summed E-state index contributed by atoms with van der Waals surface area (Å²) in [5.41, 5.74) is 1.65. The molecule has 0 saturated heterocycles. The standard InChI is InChI=1S/C12H8I2O4S2/c13-19(15,16)11-5-1-9(2-6-11)10-3-7-12(8-4-10)20(14,17)18/h1-8H. The van der Waals surface area contributed by atoms with Gasteiger partial charge in [-0.25, -0.2) is 16.8 Å². The summed E-state index contributed by atoms with van der Waals surface area (Å²) in [5, 5.41) is 0. The van der Waals surface area contributed by atoms with Crippen molar-refractivity contribution in [3.8, 4) is 11.1 Å². The molecule has 0 saturated carbocycles. The van der Waals surface area contributed by atoms with E-state index in [1.807, 2.05) is 0 Å². The molecule has 0 aliphatic rings. The van der Waals surface area contributed by atoms with Crippen LogP contribution in [0.4, 0.5) is 0 Å². The van der Waals surface area contributed by atoms with Gasteiger partial charge in [-0.1, -0.05) is 24.3 Å². The SMILES string of the molecule is O=S(=O)(I)c1ccc(-c2ccc(S(=O)(=O)I)cc2)cc1. The summed E-state index contributed by atoms with van der Waals surface area (Å²) in [6.45, 7) is 0. The van der Waals surface area contributed by atoms with Gasteiger partial charge in [-0.3, -0.25) is 0 Å². The maximum absolute atomic E-state index is 11.4. The molecular weight excluding hydrogens is 526 g/mol. The summed E-state index contributed by atoms with van der Waals surface area (Å²) in [6.07, 6.45) is 0. The summed E-state index contributed by atoms with van der Waals surface area (Å²) in [6, 6.07) is 12.9. The van der Waals surface area contributed by atoms with Crippen molar-refractivity contribution in [2.75, 3.05) is 0 Å². The minimum Gasteiger partial charge on any atom is -0.213 e. The van der Waals surface area contributed by atoms with E-state index in [0.29, 0.717) is 0 Å². The van der Waals surface area contributed by atoms with E-state index < -0.39 is 14.0 Å². The predicted octanol–water partition coefficient (Wildman–Crippen LogP) is 3.60. The van der Waals surface area contributed by atoms with Gasteiger partial charge in [0.05, 0.1) is 52.2 Å². The molecule has 0 unspecified atom stereocenters. The highest BCUT2D eigenvalue weighted by Crippen LogP contribution is 2.26. The average molecular weight is 534 g/mol. The third kappa shape index (κ3) is 3.92. The van der Waals surface area contributed by atoms with Crippen LogP contribution >= 0.6 is 42.4 Å². The summed E-state index contributed by atoms with van der Waals surface area (Å²) in [4.78, 5) is 0.488. The lowest BCUT2D eigenvalue weighted by molar-refractivity contribution is 0.611. The van der Waals surface area contributed by atoms with Gasteiger partial charge in [-0.2, -0.15) is 0 Å². The van der Waals surface area contributed by atoms with E-state index in [0.717, 1.165) is 11.1 Å². The first-order chi connectivity index (χ1) is 9.18. The maximum atomic E-state index is 11.4. The van der Waals surface area contributed by atoms with Crippen LogP contribution in [0.1, 0.15) is 0 Å². The van der Waals surface area contributed by atoms with Gasteiger partial charge < -0.3 is 0 Å². The summed E-state index contributed by atoms with van der Waals surface area (Å²) < 4.78 is 45.4. The normalized spacial score (nSPS) is 12.3. The molecular formula is C12H8I2O4S2. The third-order valence-electron chi connectivity index (χ3n) is 2.61. The number of benzene rings is 2. The lowest BCUT2D eigenvalue weighted by Crippen LogP contribution is -1.90. The van der Waals surface area contributed by atoms with Crippen LogP contribution in [-0.4, -0.2) is 16.8 Å². The number of hydrogen-bond acceptors (Lipinski definition) is 4. The average Bonchev–Trinajstić information content (AvgIpc) is 2.37. The molecule has 0 N–H and O–H groups in total. The third-order valence-corrected chi connectivity index (χ3v) is 7.33. The molecule has 4 nitrogen and oxygen atoms in total. The number of rotatable bonds is 3. The zero-order valence-corrected chi connectivity index (χ0v) is 15.8. The van der Waals surface area contributed by atoms with Gasteiger partial charge in [0, 0.05) is 0 Å². The fourth-order valence-corrected chi connectivity index (χ4v) is 4.30. The predicted molar refractivity (Wildman–Crippen MR) is 94.3 cm³/mol. The van der Waals surface area contributed by atoms with Gasteiger partial charge in [-0.05, 0) is 35.4 Å². The van der Waals surface area contributed by atoms with Crippen molar-refractivity contribution in [2.45, 2.75) is 9.79 Å². The Kier molecular flexibility index (Phi) is 4.76. The molecule has 8 heteroatoms. The van der Waals surface area contributed by atoms with Gasteiger partial charge >= 0.3 is 0 Å². The molecule has 0 atom stereocenters. The second kappa shape index (κ2) is 5.89. The van der Waals surface area contributed by atoms with Crippen LogP contribution in [0.5, 0.6) is 0 Å². The molecule has 0 bridgehead atoms. The highest BCUT2D eigenvalue weighted by atomic mass is 127. The van der Waals surface area contributed by atoms with Gasteiger partial charge in [-0.15, -0.1) is 0 Å². The smallest absolute Gasteiger partial charge is 0.213 e. The molecule has 0 aromatic heterocycles. The Hall–Kier alpha value is -0.200. The Labute approximate surface area is 141 Å². The molecule has 0 aliphatic carbocycles. The van der Waals surface area contributed by atoms with E-state index in [-0.39, 0.29) is 9.79 Å². The first-order valence-corrected chi connectivity index (χ1v) is 13.3. The van der Waals surface area contributed by atoms with Crippen molar-refractivity contribution in [1.29, 1.82) is 0 Å². The zero-order chi connectivity index (χ0) is 15.0. The lowest BCUT2D eigenvalue weighted by atomic mass is 10.1. The van der Waals surface area contributed by atoms with Gasteiger partial charge in [0.25, 0.3) is 0 Å². The summed E-state index contributed by atoms with van der Waals surface area (Å²) in [5.74, 6) is 0. The molecule has 0 heterocycles. The van der Waals surface area contributed by atoms with Crippen LogP contribution in [0.15, 0.2) is 58.3 Å². The summed E-state index contributed by atoms with van der Waals surface area (Å²) >= 11 is 2.77. The fourth-order valence-electron chi connectivity index (χ4n) is 1.62. The molecule has 0 spiro atoms. The van der Waals surface area contributed by atoms with Crippen molar-refractivity contribution in [3.05, 3.63) is 48.5 Å². The molecule has 0 amide bonds. The van der Waals surface area contributed by atoms with Crippen molar-refractivity contribution in [1.82, 2.24) is 0 Å². The molecule has 106 valence electrons. The van der Waals surface area contributed by atoms with E-state index in [4.69, 9.17) is 0 Å². The number of hydrogen-bond donors (Lipinski definition) is 0. The van der Waals surface area contributed by atoms with Crippen molar-refractivity contribution >= 4 is 56.4 Å². The lowest BCUT2D eigenvalue weighted by Gasteiger charge is -2.04. The largest absolute Gasteiger partial charge is 0.231 e. The van der Waals surface area contributed by atoms with Crippen molar-refractivity contribution < 1.29 is 16.8 Å².